The number of rotatable bonds is 6. The van der Waals surface area contributed by atoms with Crippen molar-refractivity contribution < 1.29 is 14.3 Å². The highest BCUT2D eigenvalue weighted by atomic mass is 35.5. The Morgan fingerprint density at radius 3 is 2.41 bits per heavy atom. The molecule has 1 rings (SSSR count). The Labute approximate surface area is 108 Å². The molecule has 1 amide bonds. The lowest BCUT2D eigenvalue weighted by molar-refractivity contribution is -0.149. The van der Waals surface area contributed by atoms with Gasteiger partial charge in [0, 0.05) is 6.04 Å². The van der Waals surface area contributed by atoms with Crippen LogP contribution in [0.15, 0.2) is 0 Å². The Bertz CT molecular complexity index is 269. The van der Waals surface area contributed by atoms with Crippen molar-refractivity contribution >= 4 is 24.3 Å². The van der Waals surface area contributed by atoms with Crippen LogP contribution < -0.4 is 5.73 Å². The summed E-state index contributed by atoms with van der Waals surface area (Å²) in [5, 5.41) is 0. The molecule has 0 aliphatic heterocycles. The number of nitrogens with zero attached hydrogens (tertiary/aromatic N) is 1. The first-order valence-corrected chi connectivity index (χ1v) is 5.81. The van der Waals surface area contributed by atoms with Crippen molar-refractivity contribution in [2.45, 2.75) is 45.2 Å². The van der Waals surface area contributed by atoms with Gasteiger partial charge in [-0.1, -0.05) is 6.92 Å². The van der Waals surface area contributed by atoms with Gasteiger partial charge in [0.1, 0.15) is 6.54 Å². The van der Waals surface area contributed by atoms with Crippen molar-refractivity contribution in [2.24, 2.45) is 5.73 Å². The van der Waals surface area contributed by atoms with Gasteiger partial charge in [-0.05, 0) is 26.2 Å². The minimum atomic E-state index is -0.505. The van der Waals surface area contributed by atoms with Gasteiger partial charge in [0.05, 0.1) is 12.6 Å². The van der Waals surface area contributed by atoms with Crippen molar-refractivity contribution in [1.29, 1.82) is 0 Å². The lowest BCUT2D eigenvalue weighted by Crippen LogP contribution is -2.47. The van der Waals surface area contributed by atoms with E-state index in [0.29, 0.717) is 13.0 Å². The highest BCUT2D eigenvalue weighted by molar-refractivity contribution is 5.86. The number of esters is 1. The minimum Gasteiger partial charge on any atom is -0.465 e. The predicted octanol–water partition coefficient (Wildman–Crippen LogP) is 0.700. The maximum absolute atomic E-state index is 11.9. The second-order valence-corrected chi connectivity index (χ2v) is 4.02. The molecular weight excluding hydrogens is 244 g/mol. The second-order valence-electron chi connectivity index (χ2n) is 4.02. The van der Waals surface area contributed by atoms with Crippen molar-refractivity contribution in [3.05, 3.63) is 0 Å². The van der Waals surface area contributed by atoms with Gasteiger partial charge in [0.15, 0.2) is 0 Å². The van der Waals surface area contributed by atoms with E-state index in [1.807, 2.05) is 6.92 Å². The van der Waals surface area contributed by atoms with Crippen LogP contribution in [0.1, 0.15) is 33.1 Å². The van der Waals surface area contributed by atoms with E-state index in [9.17, 15) is 9.59 Å². The molecule has 0 unspecified atom stereocenters. The molecule has 0 aromatic heterocycles. The number of hydrogen-bond donors (Lipinski definition) is 1. The van der Waals surface area contributed by atoms with Gasteiger partial charge in [-0.15, -0.1) is 12.4 Å². The van der Waals surface area contributed by atoms with E-state index >= 15 is 0 Å². The number of carbonyl (C=O) groups is 2. The molecule has 1 aliphatic carbocycles. The van der Waals surface area contributed by atoms with Gasteiger partial charge in [-0.25, -0.2) is 0 Å². The Morgan fingerprint density at radius 1 is 1.41 bits per heavy atom. The molecule has 1 saturated carbocycles. The van der Waals surface area contributed by atoms with Crippen LogP contribution in [0, 0.1) is 0 Å². The number of hydrogen-bond acceptors (Lipinski definition) is 4. The fourth-order valence-corrected chi connectivity index (χ4v) is 1.51. The summed E-state index contributed by atoms with van der Waals surface area (Å²) in [6.07, 6.45) is 2.51. The number of nitrogens with two attached hydrogens (primary N) is 1. The number of halogens is 1. The number of carbonyl (C=O) groups excluding carboxylic acids is 2. The average molecular weight is 265 g/mol. The Kier molecular flexibility index (Phi) is 7.15. The molecule has 0 heterocycles. The van der Waals surface area contributed by atoms with Crippen molar-refractivity contribution in [2.75, 3.05) is 13.2 Å². The molecule has 0 spiro atoms. The first kappa shape index (κ1) is 16.2. The molecule has 1 fully saturated rings. The van der Waals surface area contributed by atoms with Crippen LogP contribution in [-0.2, 0) is 14.3 Å². The zero-order valence-corrected chi connectivity index (χ0v) is 11.2. The summed E-state index contributed by atoms with van der Waals surface area (Å²) < 4.78 is 4.84. The van der Waals surface area contributed by atoms with Gasteiger partial charge in [-0.3, -0.25) is 9.59 Å². The standard InChI is InChI=1S/C11H20N2O3.ClH/c1-3-9(12)11(15)13(8-5-6-8)7-10(14)16-4-2;/h8-9H,3-7,12H2,1-2H3;1H/t9-;/m0./s1. The molecule has 0 radical (unpaired) electrons. The van der Waals surface area contributed by atoms with E-state index in [2.05, 4.69) is 0 Å². The minimum absolute atomic E-state index is 0. The van der Waals surface area contributed by atoms with Gasteiger partial charge in [0.25, 0.3) is 0 Å². The molecular formula is C11H21ClN2O3. The summed E-state index contributed by atoms with van der Waals surface area (Å²) in [6.45, 7) is 3.98. The lowest BCUT2D eigenvalue weighted by Gasteiger charge is -2.24. The lowest BCUT2D eigenvalue weighted by atomic mass is 10.2. The topological polar surface area (TPSA) is 72.6 Å². The van der Waals surface area contributed by atoms with E-state index in [1.165, 1.54) is 0 Å². The number of amides is 1. The average Bonchev–Trinajstić information content (AvgIpc) is 3.08. The summed E-state index contributed by atoms with van der Waals surface area (Å²) in [5.74, 6) is -0.496. The maximum Gasteiger partial charge on any atom is 0.325 e. The van der Waals surface area contributed by atoms with Crippen molar-refractivity contribution in [3.63, 3.8) is 0 Å². The summed E-state index contributed by atoms with van der Waals surface area (Å²) in [7, 11) is 0. The molecule has 6 heteroatoms. The fraction of sp³-hybridized carbons (Fsp3) is 0.818. The summed E-state index contributed by atoms with van der Waals surface area (Å²) in [4.78, 5) is 24.8. The van der Waals surface area contributed by atoms with Crippen LogP contribution in [0.3, 0.4) is 0 Å². The van der Waals surface area contributed by atoms with Crippen LogP contribution in [0.25, 0.3) is 0 Å². The third-order valence-corrected chi connectivity index (χ3v) is 2.63. The zero-order chi connectivity index (χ0) is 12.1. The first-order valence-electron chi connectivity index (χ1n) is 5.81. The first-order chi connectivity index (χ1) is 7.60. The molecule has 1 aliphatic rings. The largest absolute Gasteiger partial charge is 0.465 e. The highest BCUT2D eigenvalue weighted by Gasteiger charge is 2.35. The molecule has 0 bridgehead atoms. The van der Waals surface area contributed by atoms with E-state index in [-0.39, 0.29) is 36.9 Å². The van der Waals surface area contributed by atoms with Crippen LogP contribution in [0.4, 0.5) is 0 Å². The molecule has 17 heavy (non-hydrogen) atoms. The highest BCUT2D eigenvalue weighted by Crippen LogP contribution is 2.27. The maximum atomic E-state index is 11.9. The third-order valence-electron chi connectivity index (χ3n) is 2.63. The van der Waals surface area contributed by atoms with Crippen LogP contribution >= 0.6 is 12.4 Å². The van der Waals surface area contributed by atoms with Crippen molar-refractivity contribution in [3.8, 4) is 0 Å². The number of ether oxygens (including phenoxy) is 1. The van der Waals surface area contributed by atoms with E-state index in [4.69, 9.17) is 10.5 Å². The Balaban J connectivity index is 0.00000256. The van der Waals surface area contributed by atoms with E-state index in [0.717, 1.165) is 12.8 Å². The summed E-state index contributed by atoms with van der Waals surface area (Å²) in [6, 6.07) is -0.315. The van der Waals surface area contributed by atoms with E-state index in [1.54, 1.807) is 11.8 Å². The molecule has 0 aromatic rings. The molecule has 0 aromatic carbocycles. The van der Waals surface area contributed by atoms with Crippen LogP contribution in [-0.4, -0.2) is 42.0 Å². The van der Waals surface area contributed by atoms with Crippen LogP contribution in [0.2, 0.25) is 0 Å². The Morgan fingerprint density at radius 2 is 2.00 bits per heavy atom. The van der Waals surface area contributed by atoms with Gasteiger partial charge in [0.2, 0.25) is 5.91 Å². The quantitative estimate of drug-likeness (QED) is 0.717. The van der Waals surface area contributed by atoms with Gasteiger partial charge >= 0.3 is 5.97 Å². The predicted molar refractivity (Wildman–Crippen MR) is 66.9 cm³/mol. The monoisotopic (exact) mass is 264 g/mol. The summed E-state index contributed by atoms with van der Waals surface area (Å²) >= 11 is 0. The SMILES string of the molecule is CCOC(=O)CN(C(=O)[C@@H](N)CC)C1CC1.Cl. The molecule has 5 nitrogen and oxygen atoms in total. The molecule has 100 valence electrons. The van der Waals surface area contributed by atoms with Crippen LogP contribution in [0.5, 0.6) is 0 Å². The zero-order valence-electron chi connectivity index (χ0n) is 10.3. The van der Waals surface area contributed by atoms with Crippen molar-refractivity contribution in [1.82, 2.24) is 4.90 Å². The molecule has 2 N–H and O–H groups in total. The molecule has 1 atom stereocenters. The fourth-order valence-electron chi connectivity index (χ4n) is 1.51. The molecule has 0 saturated heterocycles. The normalized spacial score (nSPS) is 15.7. The van der Waals surface area contributed by atoms with Gasteiger partial charge < -0.3 is 15.4 Å². The Hall–Kier alpha value is -0.810. The summed E-state index contributed by atoms with van der Waals surface area (Å²) in [5.41, 5.74) is 5.69. The third kappa shape index (κ3) is 4.91. The second kappa shape index (κ2) is 7.50. The van der Waals surface area contributed by atoms with E-state index < -0.39 is 6.04 Å². The smallest absolute Gasteiger partial charge is 0.325 e. The van der Waals surface area contributed by atoms with Gasteiger partial charge in [-0.2, -0.15) is 0 Å².